The van der Waals surface area contributed by atoms with Crippen LogP contribution in [0.3, 0.4) is 0 Å². The van der Waals surface area contributed by atoms with Crippen LogP contribution in [0.15, 0.2) is 22.0 Å². The Labute approximate surface area is 224 Å². The summed E-state index contributed by atoms with van der Waals surface area (Å²) in [5.41, 5.74) is 9.80. The molecule has 1 amide bonds. The van der Waals surface area contributed by atoms with Gasteiger partial charge in [0.25, 0.3) is 0 Å². The molecule has 0 radical (unpaired) electrons. The summed E-state index contributed by atoms with van der Waals surface area (Å²) in [5, 5.41) is 62.1. The molecule has 0 spiro atoms. The minimum atomic E-state index is -1.62. The Morgan fingerprint density at radius 2 is 1.38 bits per heavy atom. The van der Waals surface area contributed by atoms with Crippen molar-refractivity contribution in [2.75, 3.05) is 24.7 Å². The van der Waals surface area contributed by atoms with Crippen LogP contribution in [0.2, 0.25) is 0 Å². The molecule has 2 fully saturated rings. The van der Waals surface area contributed by atoms with Gasteiger partial charge in [-0.25, -0.2) is 9.59 Å². The molecule has 0 aliphatic carbocycles. The number of rotatable bonds is 7. The monoisotopic (exact) mass is 567 g/mol. The Bertz CT molecular complexity index is 1430. The van der Waals surface area contributed by atoms with Gasteiger partial charge >= 0.3 is 11.4 Å². The lowest BCUT2D eigenvalue weighted by molar-refractivity contribution is -0.117. The first kappa shape index (κ1) is 29.2. The lowest BCUT2D eigenvalue weighted by atomic mass is 10.1. The minimum absolute atomic E-state index is 0.00819. The molecule has 0 saturated carbocycles. The Morgan fingerprint density at radius 3 is 1.82 bits per heavy atom. The molecule has 18 heteroatoms. The standard InChI is InChI=1S/C22H29N7O11/c1-7(32)25-10(9-4-29(22(38)27-18(9)24)20-16(36)14(34)12(6-31)40-20)2-8-3-28(21(37)26-17(8)23)19-15(35)13(33)11(5-30)39-19/h2-4,11-16,19-20,30-31,33-36H,5-6H2,1H3,(H,25,32)(H2,23,26,37)(H2,24,27,38)/b10-2-/t11-,12-,13-,14-,15-,16-,19?,20?/m1/s1. The van der Waals surface area contributed by atoms with Crippen LogP contribution in [0, 0.1) is 0 Å². The van der Waals surface area contributed by atoms with Crippen molar-refractivity contribution >= 4 is 29.3 Å². The fourth-order valence-electron chi connectivity index (χ4n) is 4.41. The summed E-state index contributed by atoms with van der Waals surface area (Å²) in [4.78, 5) is 44.6. The second kappa shape index (κ2) is 11.4. The highest BCUT2D eigenvalue weighted by atomic mass is 16.6. The van der Waals surface area contributed by atoms with Gasteiger partial charge in [0.05, 0.1) is 24.5 Å². The van der Waals surface area contributed by atoms with Gasteiger partial charge in [0.1, 0.15) is 48.3 Å². The normalized spacial score (nSPS) is 30.5. The minimum Gasteiger partial charge on any atom is -0.394 e. The summed E-state index contributed by atoms with van der Waals surface area (Å²) in [6.07, 6.45) is -8.08. The number of anilines is 2. The van der Waals surface area contributed by atoms with Gasteiger partial charge in [-0.1, -0.05) is 0 Å². The first-order valence-electron chi connectivity index (χ1n) is 11.9. The quantitative estimate of drug-likeness (QED) is 0.151. The van der Waals surface area contributed by atoms with Gasteiger partial charge in [-0.05, 0) is 6.08 Å². The van der Waals surface area contributed by atoms with Gasteiger partial charge in [0.15, 0.2) is 12.5 Å². The smallest absolute Gasteiger partial charge is 0.351 e. The average molecular weight is 568 g/mol. The molecule has 2 aromatic rings. The molecule has 2 aliphatic heterocycles. The second-order valence-electron chi connectivity index (χ2n) is 9.20. The first-order valence-corrected chi connectivity index (χ1v) is 11.9. The fourth-order valence-corrected chi connectivity index (χ4v) is 4.41. The van der Waals surface area contributed by atoms with Gasteiger partial charge in [0, 0.05) is 24.9 Å². The van der Waals surface area contributed by atoms with E-state index in [1.54, 1.807) is 0 Å². The Balaban J connectivity index is 1.82. The van der Waals surface area contributed by atoms with Crippen molar-refractivity contribution in [2.45, 2.75) is 56.0 Å². The van der Waals surface area contributed by atoms with Crippen molar-refractivity contribution in [3.8, 4) is 0 Å². The second-order valence-corrected chi connectivity index (χ2v) is 9.20. The number of nitrogen functional groups attached to an aromatic ring is 2. The van der Waals surface area contributed by atoms with E-state index in [0.29, 0.717) is 0 Å². The van der Waals surface area contributed by atoms with E-state index in [-0.39, 0.29) is 28.5 Å². The number of hydrogen-bond donors (Lipinski definition) is 9. The van der Waals surface area contributed by atoms with Gasteiger partial charge in [-0.15, -0.1) is 0 Å². The number of aliphatic hydroxyl groups excluding tert-OH is 6. The molecule has 218 valence electrons. The van der Waals surface area contributed by atoms with Gasteiger partial charge in [-0.3, -0.25) is 13.9 Å². The lowest BCUT2D eigenvalue weighted by Crippen LogP contribution is -2.37. The van der Waals surface area contributed by atoms with E-state index in [2.05, 4.69) is 15.3 Å². The molecule has 0 aromatic carbocycles. The average Bonchev–Trinajstić information content (AvgIpc) is 3.34. The van der Waals surface area contributed by atoms with Crippen LogP contribution < -0.4 is 28.2 Å². The predicted octanol–water partition coefficient (Wildman–Crippen LogP) is -5.18. The molecule has 8 atom stereocenters. The summed E-state index contributed by atoms with van der Waals surface area (Å²) in [5.74, 6) is -1.28. The number of carbonyl (C=O) groups is 1. The number of ether oxygens (including phenoxy) is 2. The molecular formula is C22H29N7O11. The fraction of sp³-hybridized carbons (Fsp3) is 0.500. The molecule has 2 aliphatic rings. The number of carbonyl (C=O) groups excluding carboxylic acids is 1. The van der Waals surface area contributed by atoms with E-state index in [1.165, 1.54) is 13.0 Å². The largest absolute Gasteiger partial charge is 0.394 e. The molecule has 4 heterocycles. The number of amides is 1. The predicted molar refractivity (Wildman–Crippen MR) is 134 cm³/mol. The zero-order chi connectivity index (χ0) is 29.5. The zero-order valence-corrected chi connectivity index (χ0v) is 20.9. The number of nitrogens with one attached hydrogen (secondary N) is 1. The molecule has 2 saturated heterocycles. The molecule has 0 bridgehead atoms. The molecule has 4 rings (SSSR count). The van der Waals surface area contributed by atoms with Crippen molar-refractivity contribution in [1.29, 1.82) is 0 Å². The van der Waals surface area contributed by atoms with Crippen molar-refractivity contribution in [3.05, 3.63) is 44.5 Å². The number of aromatic nitrogens is 4. The molecule has 18 nitrogen and oxygen atoms in total. The highest BCUT2D eigenvalue weighted by molar-refractivity contribution is 5.94. The highest BCUT2D eigenvalue weighted by Crippen LogP contribution is 2.31. The molecule has 2 unspecified atom stereocenters. The Hall–Kier alpha value is -3.75. The summed E-state index contributed by atoms with van der Waals surface area (Å²) >= 11 is 0. The van der Waals surface area contributed by atoms with E-state index >= 15 is 0 Å². The number of aliphatic hydroxyl groups is 6. The van der Waals surface area contributed by atoms with Crippen molar-refractivity contribution < 1.29 is 44.9 Å². The Kier molecular flexibility index (Phi) is 8.33. The maximum atomic E-state index is 12.6. The first-order chi connectivity index (χ1) is 18.9. The van der Waals surface area contributed by atoms with E-state index in [4.69, 9.17) is 20.9 Å². The number of hydrogen-bond acceptors (Lipinski definition) is 15. The highest BCUT2D eigenvalue weighted by Gasteiger charge is 2.45. The van der Waals surface area contributed by atoms with E-state index < -0.39 is 79.6 Å². The molecule has 11 N–H and O–H groups in total. The maximum Gasteiger partial charge on any atom is 0.351 e. The van der Waals surface area contributed by atoms with Crippen LogP contribution in [0.5, 0.6) is 0 Å². The van der Waals surface area contributed by atoms with E-state index in [9.17, 15) is 45.0 Å². The summed E-state index contributed by atoms with van der Waals surface area (Å²) in [6.45, 7) is -0.114. The number of nitrogens with two attached hydrogens (primary N) is 2. The van der Waals surface area contributed by atoms with Gasteiger partial charge in [-0.2, -0.15) is 9.97 Å². The van der Waals surface area contributed by atoms with Crippen LogP contribution in [0.1, 0.15) is 30.5 Å². The zero-order valence-electron chi connectivity index (χ0n) is 20.9. The van der Waals surface area contributed by atoms with Gasteiger partial charge < -0.3 is 56.9 Å². The van der Waals surface area contributed by atoms with Crippen LogP contribution in [-0.2, 0) is 14.3 Å². The Morgan fingerprint density at radius 1 is 0.900 bits per heavy atom. The van der Waals surface area contributed by atoms with Crippen LogP contribution in [0.25, 0.3) is 11.8 Å². The third-order valence-electron chi connectivity index (χ3n) is 6.48. The van der Waals surface area contributed by atoms with E-state index in [1.807, 2.05) is 0 Å². The maximum absolute atomic E-state index is 12.6. The molecular weight excluding hydrogens is 538 g/mol. The van der Waals surface area contributed by atoms with Gasteiger partial charge in [0.2, 0.25) is 5.91 Å². The molecule has 2 aromatic heterocycles. The topological polar surface area (TPSA) is 291 Å². The summed E-state index contributed by atoms with van der Waals surface area (Å²) < 4.78 is 12.4. The third-order valence-corrected chi connectivity index (χ3v) is 6.48. The van der Waals surface area contributed by atoms with Crippen molar-refractivity contribution in [2.24, 2.45) is 0 Å². The van der Waals surface area contributed by atoms with Crippen LogP contribution in [-0.4, -0.2) is 105 Å². The van der Waals surface area contributed by atoms with Crippen molar-refractivity contribution in [3.63, 3.8) is 0 Å². The summed E-state index contributed by atoms with van der Waals surface area (Å²) in [6, 6.07) is 0. The summed E-state index contributed by atoms with van der Waals surface area (Å²) in [7, 11) is 0. The van der Waals surface area contributed by atoms with Crippen LogP contribution in [0.4, 0.5) is 11.6 Å². The van der Waals surface area contributed by atoms with E-state index in [0.717, 1.165) is 21.5 Å². The third kappa shape index (κ3) is 5.33. The molecule has 40 heavy (non-hydrogen) atoms. The lowest BCUT2D eigenvalue weighted by Gasteiger charge is -2.20. The van der Waals surface area contributed by atoms with Crippen LogP contribution >= 0.6 is 0 Å². The SMILES string of the molecule is CC(=O)N/C(=C\c1cn(C2O[C@H](CO)[C@@H](O)[C@H]2O)c(=O)nc1N)c1cn(C2O[C@H](CO)[C@@H](O)[C@H]2O)c(=O)nc1N. The number of nitrogens with zero attached hydrogens (tertiary/aromatic N) is 4. The van der Waals surface area contributed by atoms with Crippen molar-refractivity contribution in [1.82, 2.24) is 24.4 Å².